The van der Waals surface area contributed by atoms with E-state index in [0.717, 1.165) is 12.8 Å². The number of rotatable bonds is 7. The standard InChI is InChI=1S/C23H37N5O3/c1-6-31-22(30)28-14-12-19(13-15-28)26-21(24-16-20(29)27(4)5)25-17-23(2,3)18-10-8-7-9-11-18/h7-11,19H,6,12-17H2,1-5H3,(H2,24,25,26). The Bertz CT molecular complexity index is 741. The van der Waals surface area contributed by atoms with Crippen LogP contribution in [0.15, 0.2) is 35.3 Å². The third-order valence-electron chi connectivity index (χ3n) is 5.49. The summed E-state index contributed by atoms with van der Waals surface area (Å²) in [5.74, 6) is 0.564. The average molecular weight is 432 g/mol. The minimum atomic E-state index is -0.255. The molecule has 1 aliphatic heterocycles. The lowest BCUT2D eigenvalue weighted by Gasteiger charge is -2.33. The van der Waals surface area contributed by atoms with Crippen molar-refractivity contribution in [3.8, 4) is 0 Å². The summed E-state index contributed by atoms with van der Waals surface area (Å²) in [5.41, 5.74) is 1.12. The van der Waals surface area contributed by atoms with Gasteiger partial charge in [-0.2, -0.15) is 0 Å². The summed E-state index contributed by atoms with van der Waals surface area (Å²) in [6.07, 6.45) is 1.33. The van der Waals surface area contributed by atoms with Gasteiger partial charge in [0.05, 0.1) is 6.61 Å². The van der Waals surface area contributed by atoms with E-state index in [0.29, 0.717) is 32.2 Å². The van der Waals surface area contributed by atoms with Crippen LogP contribution in [0.3, 0.4) is 0 Å². The van der Waals surface area contributed by atoms with Gasteiger partial charge in [0.25, 0.3) is 0 Å². The van der Waals surface area contributed by atoms with Crippen molar-refractivity contribution < 1.29 is 14.3 Å². The molecule has 8 heteroatoms. The molecule has 2 rings (SSSR count). The van der Waals surface area contributed by atoms with Gasteiger partial charge >= 0.3 is 6.09 Å². The van der Waals surface area contributed by atoms with E-state index in [1.54, 1.807) is 19.0 Å². The molecule has 1 saturated heterocycles. The first-order chi connectivity index (χ1) is 14.7. The molecule has 0 aromatic heterocycles. The van der Waals surface area contributed by atoms with Gasteiger partial charge in [-0.05, 0) is 25.3 Å². The van der Waals surface area contributed by atoms with Crippen LogP contribution in [0, 0.1) is 0 Å². The summed E-state index contributed by atoms with van der Waals surface area (Å²) in [6.45, 7) is 8.56. The summed E-state index contributed by atoms with van der Waals surface area (Å²) in [4.78, 5) is 31.8. The summed E-state index contributed by atoms with van der Waals surface area (Å²) in [7, 11) is 3.45. The fraction of sp³-hybridized carbons (Fsp3) is 0.609. The third-order valence-corrected chi connectivity index (χ3v) is 5.49. The molecule has 0 radical (unpaired) electrons. The zero-order chi connectivity index (χ0) is 22.9. The fourth-order valence-electron chi connectivity index (χ4n) is 3.35. The second-order valence-corrected chi connectivity index (χ2v) is 8.66. The maximum absolute atomic E-state index is 12.0. The lowest BCUT2D eigenvalue weighted by molar-refractivity contribution is -0.127. The Hall–Kier alpha value is -2.77. The molecule has 0 aliphatic carbocycles. The van der Waals surface area contributed by atoms with Crippen molar-refractivity contribution in [1.82, 2.24) is 20.4 Å². The van der Waals surface area contributed by atoms with E-state index >= 15 is 0 Å². The smallest absolute Gasteiger partial charge is 0.409 e. The van der Waals surface area contributed by atoms with Crippen LogP contribution in [0.1, 0.15) is 39.2 Å². The van der Waals surface area contributed by atoms with Gasteiger partial charge in [0, 0.05) is 45.2 Å². The van der Waals surface area contributed by atoms with Gasteiger partial charge in [0.15, 0.2) is 5.96 Å². The monoisotopic (exact) mass is 431 g/mol. The number of nitrogens with one attached hydrogen (secondary N) is 2. The van der Waals surface area contributed by atoms with Crippen LogP contribution < -0.4 is 10.6 Å². The molecule has 0 unspecified atom stereocenters. The van der Waals surface area contributed by atoms with Crippen LogP contribution in [0.2, 0.25) is 0 Å². The van der Waals surface area contributed by atoms with E-state index in [1.165, 1.54) is 10.5 Å². The van der Waals surface area contributed by atoms with E-state index in [1.807, 2.05) is 25.1 Å². The van der Waals surface area contributed by atoms with E-state index in [4.69, 9.17) is 4.74 Å². The highest BCUT2D eigenvalue weighted by atomic mass is 16.6. The molecule has 8 nitrogen and oxygen atoms in total. The van der Waals surface area contributed by atoms with Gasteiger partial charge in [-0.25, -0.2) is 9.79 Å². The number of amides is 2. The van der Waals surface area contributed by atoms with Crippen molar-refractivity contribution in [3.05, 3.63) is 35.9 Å². The maximum Gasteiger partial charge on any atom is 0.409 e. The van der Waals surface area contributed by atoms with Crippen LogP contribution in [0.4, 0.5) is 4.79 Å². The van der Waals surface area contributed by atoms with Crippen LogP contribution in [-0.4, -0.2) is 80.7 Å². The van der Waals surface area contributed by atoms with Gasteiger partial charge in [-0.15, -0.1) is 0 Å². The number of ether oxygens (including phenoxy) is 1. The molecule has 1 fully saturated rings. The number of likely N-dealkylation sites (tertiary alicyclic amines) is 1. The molecule has 2 N–H and O–H groups in total. The molecule has 0 atom stereocenters. The normalized spacial score (nSPS) is 15.4. The largest absolute Gasteiger partial charge is 0.450 e. The Labute approximate surface area is 186 Å². The van der Waals surface area contributed by atoms with E-state index in [-0.39, 0.29) is 30.0 Å². The highest BCUT2D eigenvalue weighted by Crippen LogP contribution is 2.21. The fourth-order valence-corrected chi connectivity index (χ4v) is 3.35. The first kappa shape index (κ1) is 24.5. The number of carbonyl (C=O) groups excluding carboxylic acids is 2. The Morgan fingerprint density at radius 2 is 1.84 bits per heavy atom. The summed E-state index contributed by atoms with van der Waals surface area (Å²) in [5, 5.41) is 6.87. The molecule has 0 bridgehead atoms. The minimum absolute atomic E-state index is 0.0550. The number of hydrogen-bond acceptors (Lipinski definition) is 4. The number of carbonyl (C=O) groups is 2. The molecule has 172 valence electrons. The number of piperidine rings is 1. The Kier molecular flexibility index (Phi) is 9.15. The van der Waals surface area contributed by atoms with Crippen LogP contribution in [-0.2, 0) is 14.9 Å². The molecule has 1 aromatic carbocycles. The summed E-state index contributed by atoms with van der Waals surface area (Å²) >= 11 is 0. The average Bonchev–Trinajstić information content (AvgIpc) is 2.76. The zero-order valence-corrected chi connectivity index (χ0v) is 19.5. The van der Waals surface area contributed by atoms with Gasteiger partial charge in [-0.3, -0.25) is 4.79 Å². The lowest BCUT2D eigenvalue weighted by atomic mass is 9.85. The predicted molar refractivity (Wildman–Crippen MR) is 123 cm³/mol. The van der Waals surface area contributed by atoms with Crippen LogP contribution in [0.25, 0.3) is 0 Å². The lowest BCUT2D eigenvalue weighted by Crippen LogP contribution is -2.51. The summed E-state index contributed by atoms with van der Waals surface area (Å²) < 4.78 is 5.09. The molecule has 0 spiro atoms. The Balaban J connectivity index is 2.00. The number of hydrogen-bond donors (Lipinski definition) is 2. The van der Waals surface area contributed by atoms with Crippen molar-refractivity contribution in [2.45, 2.75) is 45.1 Å². The molecular weight excluding hydrogens is 394 g/mol. The molecule has 1 heterocycles. The van der Waals surface area contributed by atoms with E-state index in [2.05, 4.69) is 41.6 Å². The van der Waals surface area contributed by atoms with Gasteiger partial charge in [0.1, 0.15) is 6.54 Å². The Morgan fingerprint density at radius 1 is 1.19 bits per heavy atom. The van der Waals surface area contributed by atoms with E-state index in [9.17, 15) is 9.59 Å². The number of nitrogens with zero attached hydrogens (tertiary/aromatic N) is 3. The van der Waals surface area contributed by atoms with Gasteiger partial charge < -0.3 is 25.2 Å². The zero-order valence-electron chi connectivity index (χ0n) is 19.5. The van der Waals surface area contributed by atoms with Crippen LogP contribution in [0.5, 0.6) is 0 Å². The minimum Gasteiger partial charge on any atom is -0.450 e. The predicted octanol–water partition coefficient (Wildman–Crippen LogP) is 2.21. The topological polar surface area (TPSA) is 86.3 Å². The van der Waals surface area contributed by atoms with Crippen molar-refractivity contribution in [1.29, 1.82) is 0 Å². The molecular formula is C23H37N5O3. The number of likely N-dealkylation sites (N-methyl/N-ethyl adjacent to an activating group) is 1. The van der Waals surface area contributed by atoms with Crippen molar-refractivity contribution >= 4 is 18.0 Å². The first-order valence-electron chi connectivity index (χ1n) is 10.9. The molecule has 31 heavy (non-hydrogen) atoms. The number of benzene rings is 1. The highest BCUT2D eigenvalue weighted by Gasteiger charge is 2.25. The maximum atomic E-state index is 12.0. The third kappa shape index (κ3) is 7.77. The molecule has 1 aromatic rings. The SMILES string of the molecule is CCOC(=O)N1CCC(NC(=NCC(=O)N(C)C)NCC(C)(C)c2ccccc2)CC1. The van der Waals surface area contributed by atoms with Gasteiger partial charge in [-0.1, -0.05) is 44.2 Å². The number of aliphatic imine (C=N–C) groups is 1. The highest BCUT2D eigenvalue weighted by molar-refractivity contribution is 5.85. The molecule has 2 amide bonds. The van der Waals surface area contributed by atoms with Crippen LogP contribution >= 0.6 is 0 Å². The van der Waals surface area contributed by atoms with Gasteiger partial charge in [0.2, 0.25) is 5.91 Å². The number of guanidine groups is 1. The molecule has 1 aliphatic rings. The second-order valence-electron chi connectivity index (χ2n) is 8.66. The Morgan fingerprint density at radius 3 is 2.42 bits per heavy atom. The first-order valence-corrected chi connectivity index (χ1v) is 10.9. The second kappa shape index (κ2) is 11.6. The van der Waals surface area contributed by atoms with Crippen molar-refractivity contribution in [3.63, 3.8) is 0 Å². The van der Waals surface area contributed by atoms with Crippen molar-refractivity contribution in [2.24, 2.45) is 4.99 Å². The summed E-state index contributed by atoms with van der Waals surface area (Å²) in [6, 6.07) is 10.5. The van der Waals surface area contributed by atoms with Crippen molar-refractivity contribution in [2.75, 3.05) is 46.9 Å². The molecule has 0 saturated carbocycles. The van der Waals surface area contributed by atoms with E-state index < -0.39 is 0 Å². The quantitative estimate of drug-likeness (QED) is 0.511.